The smallest absolute Gasteiger partial charge is 0.292 e. The van der Waals surface area contributed by atoms with Crippen LogP contribution in [0.4, 0.5) is 0 Å². The topological polar surface area (TPSA) is 48.8 Å². The summed E-state index contributed by atoms with van der Waals surface area (Å²) in [5.74, 6) is 0.715. The third-order valence-corrected chi connectivity index (χ3v) is 2.30. The molecule has 12 heavy (non-hydrogen) atoms. The van der Waals surface area contributed by atoms with E-state index in [9.17, 15) is 0 Å². The normalized spacial score (nSPS) is 14.9. The third-order valence-electron chi connectivity index (χ3n) is 2.30. The summed E-state index contributed by atoms with van der Waals surface area (Å²) in [6.45, 7) is 0. The lowest BCUT2D eigenvalue weighted by atomic mass is 9.98. The number of aromatic nitrogens is 1. The lowest BCUT2D eigenvalue weighted by Crippen LogP contribution is -2.01. The van der Waals surface area contributed by atoms with E-state index in [1.165, 1.54) is 24.1 Å². The molecule has 0 radical (unpaired) electrons. The van der Waals surface area contributed by atoms with E-state index in [2.05, 4.69) is 4.98 Å². The molecule has 1 aliphatic carbocycles. The van der Waals surface area contributed by atoms with Crippen molar-refractivity contribution >= 4 is 0 Å². The average Bonchev–Trinajstić information content (AvgIpc) is 2.50. The molecule has 1 aromatic rings. The lowest BCUT2D eigenvalue weighted by molar-refractivity contribution is 0.497. The van der Waals surface area contributed by atoms with Gasteiger partial charge in [0.05, 0.1) is 0 Å². The molecule has 1 aliphatic rings. The number of nitrogens with zero attached hydrogens (tertiary/aromatic N) is 1. The molecule has 1 N–H and O–H groups in total. The molecule has 3 nitrogen and oxygen atoms in total. The summed E-state index contributed by atoms with van der Waals surface area (Å²) in [5.41, 5.74) is 2.44. The highest BCUT2D eigenvalue weighted by molar-refractivity contribution is 5.38. The molecule has 3 heteroatoms. The van der Waals surface area contributed by atoms with Crippen LogP contribution in [0.2, 0.25) is 0 Å². The first kappa shape index (κ1) is 7.23. The first-order valence-electron chi connectivity index (χ1n) is 4.17. The molecule has 0 bridgehead atoms. The summed E-state index contributed by atoms with van der Waals surface area (Å²) in [5, 5.41) is 8.35. The minimum absolute atomic E-state index is 0.715. The van der Waals surface area contributed by atoms with Crippen LogP contribution in [0.15, 0.2) is 6.20 Å². The Morgan fingerprint density at radius 2 is 2.25 bits per heavy atom. The van der Waals surface area contributed by atoms with Crippen LogP contribution in [-0.2, 0) is 12.8 Å². The maximum absolute atomic E-state index is 8.35. The Morgan fingerprint density at radius 1 is 1.42 bits per heavy atom. The second kappa shape index (κ2) is 2.90. The van der Waals surface area contributed by atoms with Gasteiger partial charge >= 0.3 is 0 Å². The molecule has 0 unspecified atom stereocenters. The van der Waals surface area contributed by atoms with E-state index in [-0.39, 0.29) is 0 Å². The summed E-state index contributed by atoms with van der Waals surface area (Å²) in [4.78, 5) is 3.13. The minimum atomic E-state index is 0.715. The molecule has 0 aliphatic heterocycles. The molecule has 0 fully saturated rings. The summed E-state index contributed by atoms with van der Waals surface area (Å²) < 4.78 is 4.82. The molecule has 62 valence electrons. The van der Waals surface area contributed by atoms with Crippen LogP contribution >= 0.6 is 0 Å². The van der Waals surface area contributed by atoms with E-state index in [4.69, 9.17) is 10.00 Å². The van der Waals surface area contributed by atoms with Crippen molar-refractivity contribution < 1.29 is 4.74 Å². The molecule has 0 saturated heterocycles. The lowest BCUT2D eigenvalue weighted by Gasteiger charge is -2.10. The molecule has 1 aromatic heterocycles. The van der Waals surface area contributed by atoms with Crippen molar-refractivity contribution in [3.8, 4) is 12.0 Å². The van der Waals surface area contributed by atoms with Gasteiger partial charge in [0.15, 0.2) is 5.75 Å². The zero-order valence-corrected chi connectivity index (χ0v) is 6.76. The molecule has 0 amide bonds. The van der Waals surface area contributed by atoms with Gasteiger partial charge in [-0.3, -0.25) is 0 Å². The number of ether oxygens (including phenoxy) is 1. The van der Waals surface area contributed by atoms with Gasteiger partial charge in [0.1, 0.15) is 0 Å². The van der Waals surface area contributed by atoms with Crippen molar-refractivity contribution in [1.82, 2.24) is 4.98 Å². The first-order valence-corrected chi connectivity index (χ1v) is 4.17. The number of aryl methyl sites for hydroxylation is 1. The molecule has 0 atom stereocenters. The van der Waals surface area contributed by atoms with Crippen LogP contribution in [0.1, 0.15) is 24.1 Å². The quantitative estimate of drug-likeness (QED) is 0.639. The Balaban J connectivity index is 2.33. The monoisotopic (exact) mass is 162 g/mol. The van der Waals surface area contributed by atoms with Gasteiger partial charge < -0.3 is 9.72 Å². The largest absolute Gasteiger partial charge is 0.386 e. The number of hydrogen-bond acceptors (Lipinski definition) is 2. The van der Waals surface area contributed by atoms with Crippen molar-refractivity contribution in [2.24, 2.45) is 0 Å². The van der Waals surface area contributed by atoms with Gasteiger partial charge in [0.2, 0.25) is 0 Å². The maximum Gasteiger partial charge on any atom is 0.292 e. The van der Waals surface area contributed by atoms with Gasteiger partial charge in [0.25, 0.3) is 6.26 Å². The van der Waals surface area contributed by atoms with E-state index < -0.39 is 0 Å². The maximum atomic E-state index is 8.35. The van der Waals surface area contributed by atoms with Gasteiger partial charge in [-0.2, -0.15) is 0 Å². The van der Waals surface area contributed by atoms with E-state index in [1.54, 1.807) is 12.5 Å². The molecule has 0 saturated carbocycles. The van der Waals surface area contributed by atoms with E-state index in [0.29, 0.717) is 5.75 Å². The molecule has 1 heterocycles. The minimum Gasteiger partial charge on any atom is -0.386 e. The van der Waals surface area contributed by atoms with Crippen LogP contribution in [0.3, 0.4) is 0 Å². The molecular weight excluding hydrogens is 152 g/mol. The number of rotatable bonds is 1. The van der Waals surface area contributed by atoms with Crippen LogP contribution < -0.4 is 4.74 Å². The van der Waals surface area contributed by atoms with Gasteiger partial charge in [-0.15, -0.1) is 5.26 Å². The highest BCUT2D eigenvalue weighted by Gasteiger charge is 2.15. The average molecular weight is 162 g/mol. The fraction of sp³-hybridized carbons (Fsp3) is 0.444. The van der Waals surface area contributed by atoms with Crippen molar-refractivity contribution in [1.29, 1.82) is 5.26 Å². The number of hydrogen-bond donors (Lipinski definition) is 1. The highest BCUT2D eigenvalue weighted by Crippen LogP contribution is 2.28. The predicted octanol–water partition coefficient (Wildman–Crippen LogP) is 1.75. The molecule has 0 spiro atoms. The Morgan fingerprint density at radius 3 is 3.08 bits per heavy atom. The Kier molecular flexibility index (Phi) is 1.75. The zero-order valence-electron chi connectivity index (χ0n) is 6.76. The number of nitriles is 1. The van der Waals surface area contributed by atoms with Crippen LogP contribution in [0.5, 0.6) is 5.75 Å². The summed E-state index contributed by atoms with van der Waals surface area (Å²) in [6.07, 6.45) is 8.04. The fourth-order valence-corrected chi connectivity index (χ4v) is 1.72. The van der Waals surface area contributed by atoms with E-state index in [0.717, 1.165) is 12.8 Å². The zero-order chi connectivity index (χ0) is 8.39. The van der Waals surface area contributed by atoms with Crippen molar-refractivity contribution in [2.75, 3.05) is 0 Å². The second-order valence-corrected chi connectivity index (χ2v) is 3.01. The fourth-order valence-electron chi connectivity index (χ4n) is 1.72. The Hall–Kier alpha value is -1.43. The molecule has 0 aromatic carbocycles. The van der Waals surface area contributed by atoms with Crippen LogP contribution in [0, 0.1) is 11.5 Å². The number of H-pyrrole nitrogens is 1. The van der Waals surface area contributed by atoms with Gasteiger partial charge in [-0.05, 0) is 25.7 Å². The number of nitrogens with one attached hydrogen (secondary N) is 1. The summed E-state index contributed by atoms with van der Waals surface area (Å²) in [6, 6.07) is 0. The van der Waals surface area contributed by atoms with E-state index >= 15 is 0 Å². The van der Waals surface area contributed by atoms with Crippen molar-refractivity contribution in [3.05, 3.63) is 17.5 Å². The first-order chi connectivity index (χ1) is 5.92. The SMILES string of the molecule is N#COc1c[nH]c2c1CCCC2. The second-order valence-electron chi connectivity index (χ2n) is 3.01. The summed E-state index contributed by atoms with van der Waals surface area (Å²) in [7, 11) is 0. The Labute approximate surface area is 71.0 Å². The van der Waals surface area contributed by atoms with Crippen molar-refractivity contribution in [3.63, 3.8) is 0 Å². The number of aromatic amines is 1. The van der Waals surface area contributed by atoms with Gasteiger partial charge in [-0.25, -0.2) is 0 Å². The van der Waals surface area contributed by atoms with Gasteiger partial charge in [-0.1, -0.05) is 0 Å². The van der Waals surface area contributed by atoms with Crippen LogP contribution in [-0.4, -0.2) is 4.98 Å². The van der Waals surface area contributed by atoms with Gasteiger partial charge in [0, 0.05) is 17.5 Å². The van der Waals surface area contributed by atoms with E-state index in [1.807, 2.05) is 0 Å². The van der Waals surface area contributed by atoms with Crippen molar-refractivity contribution in [2.45, 2.75) is 25.7 Å². The molecule has 2 rings (SSSR count). The number of fused-ring (bicyclic) bond motifs is 1. The third kappa shape index (κ3) is 1.06. The Bertz CT molecular complexity index is 322. The standard InChI is InChI=1S/C9H10N2O/c10-6-12-9-5-11-8-4-2-1-3-7(8)9/h5,11H,1-4H2. The summed E-state index contributed by atoms with van der Waals surface area (Å²) >= 11 is 0. The predicted molar refractivity (Wildman–Crippen MR) is 43.7 cm³/mol. The van der Waals surface area contributed by atoms with Crippen LogP contribution in [0.25, 0.3) is 0 Å². The highest BCUT2D eigenvalue weighted by atomic mass is 16.5. The molecular formula is C9H10N2O.